The summed E-state index contributed by atoms with van der Waals surface area (Å²) >= 11 is 0. The molecule has 2 aromatic carbocycles. The van der Waals surface area contributed by atoms with Gasteiger partial charge in [0.25, 0.3) is 23.6 Å². The Morgan fingerprint density at radius 3 is 2.70 bits per heavy atom. The highest BCUT2D eigenvalue weighted by Gasteiger charge is 2.47. The summed E-state index contributed by atoms with van der Waals surface area (Å²) < 4.78 is 51.0. The van der Waals surface area contributed by atoms with Crippen LogP contribution < -0.4 is 16.0 Å². The van der Waals surface area contributed by atoms with E-state index < -0.39 is 60.3 Å². The lowest BCUT2D eigenvalue weighted by atomic mass is 10.1. The van der Waals surface area contributed by atoms with Gasteiger partial charge in [-0.05, 0) is 30.3 Å². The molecule has 2 fully saturated rings. The molecule has 2 atom stereocenters. The molecule has 0 aliphatic carbocycles. The molecule has 11 nitrogen and oxygen atoms in total. The highest BCUT2D eigenvalue weighted by Crippen LogP contribution is 2.30. The van der Waals surface area contributed by atoms with E-state index in [0.717, 1.165) is 21.9 Å². The molecular formula is C23H20F3N5O6. The summed E-state index contributed by atoms with van der Waals surface area (Å²) in [6, 6.07) is 7.72. The van der Waals surface area contributed by atoms with Crippen LogP contribution in [0.3, 0.4) is 0 Å². The Kier molecular flexibility index (Phi) is 6.00. The fourth-order valence-electron chi connectivity index (χ4n) is 4.15. The number of nitrogens with one attached hydrogen (secondary N) is 1. The number of aromatic nitrogens is 1. The van der Waals surface area contributed by atoms with E-state index in [1.54, 1.807) is 6.07 Å². The van der Waals surface area contributed by atoms with Gasteiger partial charge < -0.3 is 35.2 Å². The van der Waals surface area contributed by atoms with Gasteiger partial charge in [0.2, 0.25) is 0 Å². The monoisotopic (exact) mass is 519 g/mol. The number of halogens is 3. The van der Waals surface area contributed by atoms with Crippen molar-refractivity contribution in [3.05, 3.63) is 47.8 Å². The van der Waals surface area contributed by atoms with Crippen molar-refractivity contribution in [1.82, 2.24) is 10.1 Å². The zero-order valence-corrected chi connectivity index (χ0v) is 19.0. The quantitative estimate of drug-likeness (QED) is 0.457. The van der Waals surface area contributed by atoms with Gasteiger partial charge in [0, 0.05) is 24.0 Å². The van der Waals surface area contributed by atoms with Crippen molar-refractivity contribution < 1.29 is 41.9 Å². The maximum Gasteiger partial charge on any atom is 0.282 e. The van der Waals surface area contributed by atoms with Gasteiger partial charge in [-0.15, -0.1) is 0 Å². The Morgan fingerprint density at radius 2 is 1.97 bits per heavy atom. The zero-order valence-electron chi connectivity index (χ0n) is 19.0. The number of amides is 3. The molecule has 1 aromatic heterocycles. The molecule has 194 valence electrons. The Balaban J connectivity index is 1.30. The molecule has 0 radical (unpaired) electrons. The number of nitrogen functional groups attached to an aromatic ring is 1. The topological polar surface area (TPSA) is 151 Å². The number of ether oxygens (including phenoxy) is 1. The minimum atomic E-state index is -3.03. The van der Waals surface area contributed by atoms with Crippen LogP contribution >= 0.6 is 0 Å². The summed E-state index contributed by atoms with van der Waals surface area (Å²) in [6.45, 7) is -1.75. The van der Waals surface area contributed by atoms with Crippen LogP contribution in [0.5, 0.6) is 0 Å². The maximum absolute atomic E-state index is 14.3. The van der Waals surface area contributed by atoms with Gasteiger partial charge in [0.05, 0.1) is 30.6 Å². The third-order valence-electron chi connectivity index (χ3n) is 6.07. The fourth-order valence-corrected chi connectivity index (χ4v) is 4.15. The number of hydrogen-bond donors (Lipinski definition) is 3. The number of hydrogen-bond acceptors (Lipinski definition) is 8. The summed E-state index contributed by atoms with van der Waals surface area (Å²) in [5.41, 5.74) is 5.79. The number of rotatable bonds is 5. The Bertz CT molecular complexity index is 1400. The van der Waals surface area contributed by atoms with Crippen molar-refractivity contribution in [3.63, 3.8) is 0 Å². The van der Waals surface area contributed by atoms with E-state index >= 15 is 0 Å². The van der Waals surface area contributed by atoms with Crippen LogP contribution in [-0.2, 0) is 14.3 Å². The summed E-state index contributed by atoms with van der Waals surface area (Å²) in [5, 5.41) is 17.2. The third-order valence-corrected chi connectivity index (χ3v) is 6.07. The molecule has 37 heavy (non-hydrogen) atoms. The highest BCUT2D eigenvalue weighted by molar-refractivity contribution is 6.05. The Hall–Kier alpha value is -4.17. The lowest BCUT2D eigenvalue weighted by Gasteiger charge is -2.39. The van der Waals surface area contributed by atoms with Crippen molar-refractivity contribution in [2.24, 2.45) is 0 Å². The second kappa shape index (κ2) is 9.05. The van der Waals surface area contributed by atoms with E-state index in [1.165, 1.54) is 18.2 Å². The van der Waals surface area contributed by atoms with Gasteiger partial charge in [0.1, 0.15) is 5.82 Å². The van der Waals surface area contributed by atoms with Crippen LogP contribution in [0.4, 0.5) is 30.4 Å². The Morgan fingerprint density at radius 1 is 1.22 bits per heavy atom. The van der Waals surface area contributed by atoms with E-state index in [0.29, 0.717) is 11.0 Å². The number of alkyl halides is 2. The van der Waals surface area contributed by atoms with Crippen LogP contribution in [0.15, 0.2) is 40.9 Å². The highest BCUT2D eigenvalue weighted by atomic mass is 19.3. The number of benzene rings is 2. The van der Waals surface area contributed by atoms with E-state index in [9.17, 15) is 32.7 Å². The molecule has 5 rings (SSSR count). The first-order valence-corrected chi connectivity index (χ1v) is 11.1. The van der Waals surface area contributed by atoms with Gasteiger partial charge in [0.15, 0.2) is 23.6 Å². The van der Waals surface area contributed by atoms with Gasteiger partial charge in [-0.3, -0.25) is 14.4 Å². The number of nitrogens with two attached hydrogens (primary N) is 1. The van der Waals surface area contributed by atoms with E-state index in [2.05, 4.69) is 10.5 Å². The predicted molar refractivity (Wildman–Crippen MR) is 122 cm³/mol. The number of anilines is 3. The smallest absolute Gasteiger partial charge is 0.282 e. The van der Waals surface area contributed by atoms with Gasteiger partial charge in [-0.25, -0.2) is 13.2 Å². The summed E-state index contributed by atoms with van der Waals surface area (Å²) in [5.74, 6) is -6.49. The van der Waals surface area contributed by atoms with Crippen LogP contribution in [0.2, 0.25) is 0 Å². The largest absolute Gasteiger partial charge is 0.380 e. The molecule has 3 heterocycles. The second-order valence-electron chi connectivity index (χ2n) is 8.68. The van der Waals surface area contributed by atoms with Gasteiger partial charge in [-0.2, -0.15) is 0 Å². The van der Waals surface area contributed by atoms with Crippen LogP contribution in [-0.4, -0.2) is 77.3 Å². The number of likely N-dealkylation sites (tertiary alicyclic amines) is 1. The molecule has 0 spiro atoms. The number of nitrogens with zero attached hydrogens (tertiary/aromatic N) is 3. The lowest BCUT2D eigenvalue weighted by molar-refractivity contribution is -0.150. The number of fused-ring (bicyclic) bond motifs is 1. The number of carbonyl (C=O) groups is 3. The van der Waals surface area contributed by atoms with Crippen molar-refractivity contribution in [2.45, 2.75) is 18.1 Å². The van der Waals surface area contributed by atoms with Crippen molar-refractivity contribution in [2.75, 3.05) is 42.2 Å². The predicted octanol–water partition coefficient (Wildman–Crippen LogP) is 1.37. The lowest BCUT2D eigenvalue weighted by Crippen LogP contribution is -2.58. The zero-order chi connectivity index (χ0) is 26.5. The number of carbonyl (C=O) groups excluding carboxylic acids is 3. The Labute approximate surface area is 206 Å². The van der Waals surface area contributed by atoms with Crippen LogP contribution in [0.1, 0.15) is 10.4 Å². The summed E-state index contributed by atoms with van der Waals surface area (Å²) in [6.07, 6.45) is -3.52. The number of aliphatic hydroxyl groups is 1. The molecule has 3 aromatic rings. The minimum Gasteiger partial charge on any atom is -0.380 e. The van der Waals surface area contributed by atoms with Crippen molar-refractivity contribution in [3.8, 4) is 0 Å². The average molecular weight is 519 g/mol. The van der Waals surface area contributed by atoms with Crippen molar-refractivity contribution in [1.29, 1.82) is 0 Å². The standard InChI is InChI=1S/C23H20F3N5O6/c24-15-4-2-12(8-14(15)21(34)30-9-23(25,26)10-30)31-5-6-36-18(22(31)35)17(32)20(33)28-11-1-3-13-16(7-11)37-29-19(13)27/h1-4,7-8,17-18,32H,5-6,9-10H2,(H2,27,29)(H,28,33). The molecule has 4 N–H and O–H groups in total. The fraction of sp³-hybridized carbons (Fsp3) is 0.304. The molecule has 2 saturated heterocycles. The van der Waals surface area contributed by atoms with Crippen molar-refractivity contribution >= 4 is 45.9 Å². The van der Waals surface area contributed by atoms with Crippen LogP contribution in [0, 0.1) is 5.82 Å². The van der Waals surface area contributed by atoms with E-state index in [-0.39, 0.29) is 30.3 Å². The minimum absolute atomic E-state index is 0.0195. The number of aliphatic hydroxyl groups excluding tert-OH is 1. The number of morpholine rings is 1. The SMILES string of the molecule is Nc1noc2cc(NC(=O)C(O)C3OCCN(c4ccc(F)c(C(=O)N5CC(F)(F)C5)c4)C3=O)ccc12. The first-order valence-electron chi connectivity index (χ1n) is 11.1. The first-order chi connectivity index (χ1) is 17.5. The summed E-state index contributed by atoms with van der Waals surface area (Å²) in [7, 11) is 0. The second-order valence-corrected chi connectivity index (χ2v) is 8.68. The molecule has 2 aliphatic rings. The third kappa shape index (κ3) is 4.56. The molecule has 2 aliphatic heterocycles. The normalized spacial score (nSPS) is 20.0. The summed E-state index contributed by atoms with van der Waals surface area (Å²) in [4.78, 5) is 40.1. The molecule has 14 heteroatoms. The molecule has 0 bridgehead atoms. The molecule has 2 unspecified atom stereocenters. The average Bonchev–Trinajstić information content (AvgIpc) is 3.22. The molecular weight excluding hydrogens is 499 g/mol. The molecule has 0 saturated carbocycles. The first kappa shape index (κ1) is 24.5. The van der Waals surface area contributed by atoms with E-state index in [1.807, 2.05) is 0 Å². The van der Waals surface area contributed by atoms with E-state index in [4.69, 9.17) is 15.0 Å². The van der Waals surface area contributed by atoms with Gasteiger partial charge >= 0.3 is 0 Å². The van der Waals surface area contributed by atoms with Crippen LogP contribution in [0.25, 0.3) is 11.0 Å². The maximum atomic E-state index is 14.3. The van der Waals surface area contributed by atoms with Gasteiger partial charge in [-0.1, -0.05) is 5.16 Å². The molecule has 3 amide bonds.